The molecule has 1 aromatic carbocycles. The summed E-state index contributed by atoms with van der Waals surface area (Å²) in [4.78, 5) is 15.5. The standard InChI is InChI=1S/C12H14N4O2/c1-8-3-5-10(6-4-8)15-12(17)13-7-11-14-9(2)16-18-11/h3-6H,7H2,1-2H3,(H2,13,15,17). The second kappa shape index (κ2) is 5.31. The third kappa shape index (κ3) is 3.31. The van der Waals surface area contributed by atoms with Crippen LogP contribution in [0.15, 0.2) is 28.8 Å². The van der Waals surface area contributed by atoms with E-state index >= 15 is 0 Å². The number of amides is 2. The quantitative estimate of drug-likeness (QED) is 0.868. The fraction of sp³-hybridized carbons (Fsp3) is 0.250. The zero-order chi connectivity index (χ0) is 13.0. The summed E-state index contributed by atoms with van der Waals surface area (Å²) in [5.41, 5.74) is 1.88. The molecule has 0 aliphatic carbocycles. The summed E-state index contributed by atoms with van der Waals surface area (Å²) in [5.74, 6) is 0.928. The Kier molecular flexibility index (Phi) is 3.57. The lowest BCUT2D eigenvalue weighted by Gasteiger charge is -2.05. The Labute approximate surface area is 104 Å². The van der Waals surface area contributed by atoms with Crippen LogP contribution in [0, 0.1) is 13.8 Å². The van der Waals surface area contributed by atoms with Crippen LogP contribution in [-0.4, -0.2) is 16.2 Å². The van der Waals surface area contributed by atoms with Crippen molar-refractivity contribution in [1.82, 2.24) is 15.5 Å². The first-order chi connectivity index (χ1) is 8.63. The summed E-state index contributed by atoms with van der Waals surface area (Å²) in [7, 11) is 0. The highest BCUT2D eigenvalue weighted by Gasteiger charge is 2.05. The van der Waals surface area contributed by atoms with Gasteiger partial charge < -0.3 is 15.2 Å². The van der Waals surface area contributed by atoms with E-state index in [1.165, 1.54) is 0 Å². The number of carbonyl (C=O) groups is 1. The van der Waals surface area contributed by atoms with Gasteiger partial charge in [-0.15, -0.1) is 0 Å². The average Bonchev–Trinajstić information content (AvgIpc) is 2.76. The van der Waals surface area contributed by atoms with Crippen molar-refractivity contribution < 1.29 is 9.32 Å². The van der Waals surface area contributed by atoms with E-state index in [9.17, 15) is 4.79 Å². The number of anilines is 1. The second-order valence-corrected chi connectivity index (χ2v) is 3.91. The Morgan fingerprint density at radius 1 is 1.28 bits per heavy atom. The van der Waals surface area contributed by atoms with Gasteiger partial charge in [-0.2, -0.15) is 4.98 Å². The van der Waals surface area contributed by atoms with Gasteiger partial charge in [-0.25, -0.2) is 4.79 Å². The van der Waals surface area contributed by atoms with Crippen LogP contribution in [0.1, 0.15) is 17.3 Å². The number of benzene rings is 1. The fourth-order valence-electron chi connectivity index (χ4n) is 1.38. The maximum absolute atomic E-state index is 11.6. The summed E-state index contributed by atoms with van der Waals surface area (Å²) in [5, 5.41) is 8.97. The van der Waals surface area contributed by atoms with Crippen molar-refractivity contribution in [3.8, 4) is 0 Å². The van der Waals surface area contributed by atoms with Crippen molar-refractivity contribution in [3.05, 3.63) is 41.5 Å². The van der Waals surface area contributed by atoms with Crippen molar-refractivity contribution in [1.29, 1.82) is 0 Å². The van der Waals surface area contributed by atoms with Gasteiger partial charge in [0.15, 0.2) is 5.82 Å². The van der Waals surface area contributed by atoms with Crippen LogP contribution in [-0.2, 0) is 6.54 Å². The van der Waals surface area contributed by atoms with E-state index in [0.717, 1.165) is 11.3 Å². The minimum absolute atomic E-state index is 0.207. The van der Waals surface area contributed by atoms with Crippen LogP contribution in [0.3, 0.4) is 0 Å². The number of nitrogens with zero attached hydrogens (tertiary/aromatic N) is 2. The lowest BCUT2D eigenvalue weighted by Crippen LogP contribution is -2.28. The molecule has 0 fully saturated rings. The molecule has 18 heavy (non-hydrogen) atoms. The van der Waals surface area contributed by atoms with Crippen molar-refractivity contribution in [2.45, 2.75) is 20.4 Å². The lowest BCUT2D eigenvalue weighted by atomic mass is 10.2. The van der Waals surface area contributed by atoms with Gasteiger partial charge in [-0.05, 0) is 26.0 Å². The van der Waals surface area contributed by atoms with Crippen LogP contribution in [0.25, 0.3) is 0 Å². The summed E-state index contributed by atoms with van der Waals surface area (Å²) in [6.07, 6.45) is 0. The highest BCUT2D eigenvalue weighted by atomic mass is 16.5. The Morgan fingerprint density at radius 3 is 2.61 bits per heavy atom. The molecule has 0 saturated heterocycles. The molecule has 2 rings (SSSR count). The fourth-order valence-corrected chi connectivity index (χ4v) is 1.38. The molecule has 0 aliphatic heterocycles. The summed E-state index contributed by atoms with van der Waals surface area (Å²) < 4.78 is 4.88. The Bertz CT molecular complexity index is 533. The van der Waals surface area contributed by atoms with Crippen molar-refractivity contribution in [3.63, 3.8) is 0 Å². The second-order valence-electron chi connectivity index (χ2n) is 3.91. The molecule has 1 heterocycles. The monoisotopic (exact) mass is 246 g/mol. The highest BCUT2D eigenvalue weighted by Crippen LogP contribution is 2.08. The summed E-state index contributed by atoms with van der Waals surface area (Å²) in [6, 6.07) is 7.22. The van der Waals surface area contributed by atoms with Gasteiger partial charge >= 0.3 is 6.03 Å². The van der Waals surface area contributed by atoms with E-state index < -0.39 is 0 Å². The Balaban J connectivity index is 1.83. The Morgan fingerprint density at radius 2 is 2.00 bits per heavy atom. The van der Waals surface area contributed by atoms with Gasteiger partial charge in [0, 0.05) is 5.69 Å². The van der Waals surface area contributed by atoms with Gasteiger partial charge in [0.25, 0.3) is 0 Å². The number of aryl methyl sites for hydroxylation is 2. The summed E-state index contributed by atoms with van der Waals surface area (Å²) in [6.45, 7) is 3.92. The molecule has 0 saturated carbocycles. The number of hydrogen-bond acceptors (Lipinski definition) is 4. The number of rotatable bonds is 3. The molecule has 0 radical (unpaired) electrons. The van der Waals surface area contributed by atoms with Gasteiger partial charge in [0.05, 0.1) is 6.54 Å². The smallest absolute Gasteiger partial charge is 0.319 e. The number of hydrogen-bond donors (Lipinski definition) is 2. The molecule has 0 spiro atoms. The maximum atomic E-state index is 11.6. The maximum Gasteiger partial charge on any atom is 0.319 e. The molecule has 2 N–H and O–H groups in total. The molecule has 1 aromatic heterocycles. The summed E-state index contributed by atoms with van der Waals surface area (Å²) >= 11 is 0. The number of carbonyl (C=O) groups excluding carboxylic acids is 1. The predicted molar refractivity (Wildman–Crippen MR) is 66.1 cm³/mol. The van der Waals surface area contributed by atoms with E-state index in [4.69, 9.17) is 4.52 Å². The molecule has 0 aliphatic rings. The number of nitrogens with one attached hydrogen (secondary N) is 2. The van der Waals surface area contributed by atoms with Crippen LogP contribution in [0.2, 0.25) is 0 Å². The molecule has 0 bridgehead atoms. The van der Waals surface area contributed by atoms with E-state index in [0.29, 0.717) is 11.7 Å². The van der Waals surface area contributed by atoms with E-state index in [-0.39, 0.29) is 12.6 Å². The van der Waals surface area contributed by atoms with E-state index in [2.05, 4.69) is 20.8 Å². The van der Waals surface area contributed by atoms with Gasteiger partial charge in [0.1, 0.15) is 0 Å². The van der Waals surface area contributed by atoms with Crippen molar-refractivity contribution in [2.24, 2.45) is 0 Å². The predicted octanol–water partition coefficient (Wildman–Crippen LogP) is 2.01. The van der Waals surface area contributed by atoms with Crippen LogP contribution in [0.4, 0.5) is 10.5 Å². The van der Waals surface area contributed by atoms with E-state index in [1.54, 1.807) is 6.92 Å². The molecular weight excluding hydrogens is 232 g/mol. The molecule has 6 heteroatoms. The van der Waals surface area contributed by atoms with Gasteiger partial charge in [0.2, 0.25) is 5.89 Å². The van der Waals surface area contributed by atoms with Crippen LogP contribution < -0.4 is 10.6 Å². The normalized spacial score (nSPS) is 10.1. The zero-order valence-electron chi connectivity index (χ0n) is 10.2. The molecule has 6 nitrogen and oxygen atoms in total. The van der Waals surface area contributed by atoms with E-state index in [1.807, 2.05) is 31.2 Å². The highest BCUT2D eigenvalue weighted by molar-refractivity contribution is 5.89. The molecule has 2 amide bonds. The largest absolute Gasteiger partial charge is 0.337 e. The molecular formula is C12H14N4O2. The minimum Gasteiger partial charge on any atom is -0.337 e. The first-order valence-electron chi connectivity index (χ1n) is 5.54. The van der Waals surface area contributed by atoms with Gasteiger partial charge in [-0.1, -0.05) is 22.9 Å². The topological polar surface area (TPSA) is 80.0 Å². The van der Waals surface area contributed by atoms with Crippen LogP contribution in [0.5, 0.6) is 0 Å². The van der Waals surface area contributed by atoms with Crippen molar-refractivity contribution in [2.75, 3.05) is 5.32 Å². The SMILES string of the molecule is Cc1ccc(NC(=O)NCc2nc(C)no2)cc1. The number of urea groups is 1. The molecule has 0 unspecified atom stereocenters. The average molecular weight is 246 g/mol. The molecule has 2 aromatic rings. The zero-order valence-corrected chi connectivity index (χ0v) is 10.2. The van der Waals surface area contributed by atoms with Crippen molar-refractivity contribution >= 4 is 11.7 Å². The van der Waals surface area contributed by atoms with Gasteiger partial charge in [-0.3, -0.25) is 0 Å². The molecule has 94 valence electrons. The Hall–Kier alpha value is -2.37. The molecule has 0 atom stereocenters. The first kappa shape index (κ1) is 12.1. The third-order valence-electron chi connectivity index (χ3n) is 2.28. The number of aromatic nitrogens is 2. The third-order valence-corrected chi connectivity index (χ3v) is 2.28. The first-order valence-corrected chi connectivity index (χ1v) is 5.54. The van der Waals surface area contributed by atoms with Crippen LogP contribution >= 0.6 is 0 Å². The lowest BCUT2D eigenvalue weighted by molar-refractivity contribution is 0.249. The minimum atomic E-state index is -0.310.